The topological polar surface area (TPSA) is 98.8 Å². The first kappa shape index (κ1) is 23.2. The molecule has 0 aliphatic carbocycles. The second-order valence-corrected chi connectivity index (χ2v) is 7.67. The van der Waals surface area contributed by atoms with Crippen LogP contribution in [-0.2, 0) is 19.1 Å². The third kappa shape index (κ3) is 4.89. The average molecular weight is 439 g/mol. The van der Waals surface area contributed by atoms with Crippen LogP contribution in [0.25, 0.3) is 6.08 Å². The van der Waals surface area contributed by atoms with Gasteiger partial charge in [0.2, 0.25) is 0 Å². The zero-order valence-electron chi connectivity index (χ0n) is 16.1. The third-order valence-corrected chi connectivity index (χ3v) is 5.34. The number of amides is 1. The highest BCUT2D eigenvalue weighted by Gasteiger charge is 2.55. The summed E-state index contributed by atoms with van der Waals surface area (Å²) in [4.78, 5) is 24.2. The summed E-state index contributed by atoms with van der Waals surface area (Å²) in [7, 11) is -4.54. The highest BCUT2D eigenvalue weighted by atomic mass is 32.2. The van der Waals surface area contributed by atoms with Crippen molar-refractivity contribution in [3.8, 4) is 5.75 Å². The molecule has 160 valence electrons. The van der Waals surface area contributed by atoms with Gasteiger partial charge in [0.1, 0.15) is 11.9 Å². The maximum absolute atomic E-state index is 14.4. The molecule has 1 N–H and O–H groups in total. The van der Waals surface area contributed by atoms with E-state index in [2.05, 4.69) is 10.8 Å². The molecule has 0 saturated heterocycles. The van der Waals surface area contributed by atoms with Crippen LogP contribution < -0.4 is 10.1 Å². The summed E-state index contributed by atoms with van der Waals surface area (Å²) in [5.74, 6) is -2.98. The fourth-order valence-electron chi connectivity index (χ4n) is 2.38. The predicted molar refractivity (Wildman–Crippen MR) is 107 cm³/mol. The number of hydrogen-bond donors (Lipinski definition) is 1. The molecule has 1 atom stereocenters. The fraction of sp³-hybridized carbons (Fsp3) is 0.200. The molecular weight excluding hydrogens is 420 g/mol. The number of halogens is 2. The molecule has 1 amide bonds. The Morgan fingerprint density at radius 1 is 1.17 bits per heavy atom. The zero-order valence-corrected chi connectivity index (χ0v) is 16.9. The summed E-state index contributed by atoms with van der Waals surface area (Å²) < 4.78 is 62.2. The lowest BCUT2D eigenvalue weighted by atomic mass is 10.1. The number of hydrogen-bond acceptors (Lipinski definition) is 6. The van der Waals surface area contributed by atoms with Crippen LogP contribution in [0.1, 0.15) is 22.8 Å². The van der Waals surface area contributed by atoms with E-state index < -0.39 is 33.2 Å². The fourth-order valence-corrected chi connectivity index (χ4v) is 3.24. The van der Waals surface area contributed by atoms with Crippen LogP contribution in [0.4, 0.5) is 14.5 Å². The molecule has 2 rings (SSSR count). The number of alkyl halides is 2. The summed E-state index contributed by atoms with van der Waals surface area (Å²) in [5, 5.41) is -3.17. The SMILES string of the molecule is C=Cc1ccc(NC(=O)C(F)(F)S(=O)(=O)OC(C)C(=O)c2ccccc2)c(OC)c1. The van der Waals surface area contributed by atoms with E-state index in [-0.39, 0.29) is 17.0 Å². The van der Waals surface area contributed by atoms with Gasteiger partial charge in [-0.2, -0.15) is 17.2 Å². The molecule has 0 spiro atoms. The first-order valence-electron chi connectivity index (χ1n) is 8.55. The molecule has 0 aliphatic heterocycles. The van der Waals surface area contributed by atoms with Crippen LogP contribution in [0.15, 0.2) is 55.1 Å². The molecule has 2 aromatic rings. The van der Waals surface area contributed by atoms with Crippen LogP contribution in [0.5, 0.6) is 5.75 Å². The van der Waals surface area contributed by atoms with Gasteiger partial charge in [-0.25, -0.2) is 0 Å². The van der Waals surface area contributed by atoms with Crippen molar-refractivity contribution in [1.82, 2.24) is 0 Å². The Bertz CT molecular complexity index is 1050. The van der Waals surface area contributed by atoms with Gasteiger partial charge in [0, 0.05) is 5.56 Å². The molecule has 2 aromatic carbocycles. The van der Waals surface area contributed by atoms with Crippen molar-refractivity contribution in [2.24, 2.45) is 0 Å². The minimum atomic E-state index is -5.79. The number of nitrogens with one attached hydrogen (secondary N) is 1. The number of rotatable bonds is 9. The van der Waals surface area contributed by atoms with E-state index in [1.807, 2.05) is 0 Å². The highest BCUT2D eigenvalue weighted by Crippen LogP contribution is 2.31. The summed E-state index contributed by atoms with van der Waals surface area (Å²) in [5.41, 5.74) is 0.470. The first-order chi connectivity index (χ1) is 14.0. The second-order valence-electron chi connectivity index (χ2n) is 6.06. The van der Waals surface area contributed by atoms with Crippen LogP contribution in [-0.4, -0.2) is 38.6 Å². The molecule has 7 nitrogen and oxygen atoms in total. The Labute approximate surface area is 172 Å². The minimum absolute atomic E-state index is 0.0162. The van der Waals surface area contributed by atoms with E-state index >= 15 is 0 Å². The second kappa shape index (κ2) is 9.14. The lowest BCUT2D eigenvalue weighted by molar-refractivity contribution is -0.130. The molecule has 0 bridgehead atoms. The molecule has 10 heteroatoms. The number of ether oxygens (including phenoxy) is 1. The standard InChI is InChI=1S/C20H19F2NO6S/c1-4-14-10-11-16(17(12-14)28-3)23-19(25)20(21,22)30(26,27)29-13(2)18(24)15-8-6-5-7-9-15/h4-13H,1H2,2-3H3,(H,23,25). The normalized spacial score (nSPS) is 12.7. The highest BCUT2D eigenvalue weighted by molar-refractivity contribution is 7.88. The Hall–Kier alpha value is -3.11. The summed E-state index contributed by atoms with van der Waals surface area (Å²) in [6.45, 7) is 4.54. The molecule has 0 heterocycles. The number of carbonyl (C=O) groups is 2. The third-order valence-electron chi connectivity index (χ3n) is 3.99. The molecule has 0 saturated carbocycles. The number of anilines is 1. The number of carbonyl (C=O) groups excluding carboxylic acids is 2. The monoisotopic (exact) mass is 439 g/mol. The Balaban J connectivity index is 2.20. The van der Waals surface area contributed by atoms with Crippen molar-refractivity contribution in [3.63, 3.8) is 0 Å². The minimum Gasteiger partial charge on any atom is -0.495 e. The van der Waals surface area contributed by atoms with Gasteiger partial charge in [0.05, 0.1) is 12.8 Å². The van der Waals surface area contributed by atoms with E-state index in [1.165, 1.54) is 55.7 Å². The van der Waals surface area contributed by atoms with Crippen molar-refractivity contribution in [1.29, 1.82) is 0 Å². The smallest absolute Gasteiger partial charge is 0.447 e. The van der Waals surface area contributed by atoms with E-state index in [1.54, 1.807) is 11.4 Å². The van der Waals surface area contributed by atoms with Gasteiger partial charge in [-0.15, -0.1) is 0 Å². The Morgan fingerprint density at radius 3 is 2.37 bits per heavy atom. The predicted octanol–water partition coefficient (Wildman–Crippen LogP) is 3.49. The average Bonchev–Trinajstić information content (AvgIpc) is 2.73. The van der Waals surface area contributed by atoms with Gasteiger partial charge in [0.15, 0.2) is 5.78 Å². The van der Waals surface area contributed by atoms with Crippen molar-refractivity contribution in [2.45, 2.75) is 18.3 Å². The number of Topliss-reactive ketones (excluding diaryl/α,β-unsaturated/α-hetero) is 1. The maximum atomic E-state index is 14.4. The lowest BCUT2D eigenvalue weighted by Crippen LogP contribution is -2.44. The van der Waals surface area contributed by atoms with E-state index in [4.69, 9.17) is 4.74 Å². The first-order valence-corrected chi connectivity index (χ1v) is 9.96. The van der Waals surface area contributed by atoms with Crippen molar-refractivity contribution >= 4 is 33.6 Å². The van der Waals surface area contributed by atoms with E-state index in [0.29, 0.717) is 5.56 Å². The molecule has 0 radical (unpaired) electrons. The molecule has 0 aromatic heterocycles. The number of benzene rings is 2. The summed E-state index contributed by atoms with van der Waals surface area (Å²) in [6.07, 6.45) is -0.302. The molecule has 0 fully saturated rings. The maximum Gasteiger partial charge on any atom is 0.447 e. The van der Waals surface area contributed by atoms with E-state index in [9.17, 15) is 26.8 Å². The van der Waals surface area contributed by atoms with Crippen molar-refractivity contribution in [2.75, 3.05) is 12.4 Å². The van der Waals surface area contributed by atoms with Gasteiger partial charge >= 0.3 is 21.3 Å². The molecule has 30 heavy (non-hydrogen) atoms. The molecule has 1 unspecified atom stereocenters. The number of methoxy groups -OCH3 is 1. The number of ketones is 1. The van der Waals surface area contributed by atoms with Gasteiger partial charge in [0.25, 0.3) is 0 Å². The largest absolute Gasteiger partial charge is 0.495 e. The van der Waals surface area contributed by atoms with Gasteiger partial charge in [-0.05, 0) is 24.6 Å². The molecule has 0 aliphatic rings. The van der Waals surface area contributed by atoms with Gasteiger partial charge < -0.3 is 10.1 Å². The van der Waals surface area contributed by atoms with E-state index in [0.717, 1.165) is 6.92 Å². The summed E-state index contributed by atoms with van der Waals surface area (Å²) >= 11 is 0. The van der Waals surface area contributed by atoms with Gasteiger partial charge in [-0.1, -0.05) is 49.1 Å². The van der Waals surface area contributed by atoms with Crippen LogP contribution in [0.3, 0.4) is 0 Å². The van der Waals surface area contributed by atoms with Crippen LogP contribution in [0, 0.1) is 0 Å². The quantitative estimate of drug-likeness (QED) is 0.474. The molecular formula is C20H19F2NO6S. The Kier molecular flexibility index (Phi) is 7.06. The van der Waals surface area contributed by atoms with Crippen LogP contribution in [0.2, 0.25) is 0 Å². The van der Waals surface area contributed by atoms with Gasteiger partial charge in [-0.3, -0.25) is 13.8 Å². The summed E-state index contributed by atoms with van der Waals surface area (Å²) in [6, 6.07) is 11.5. The van der Waals surface area contributed by atoms with Crippen molar-refractivity contribution in [3.05, 3.63) is 66.2 Å². The lowest BCUT2D eigenvalue weighted by Gasteiger charge is -2.19. The zero-order chi connectivity index (χ0) is 22.5. The Morgan fingerprint density at radius 2 is 1.80 bits per heavy atom. The van der Waals surface area contributed by atoms with Crippen molar-refractivity contribution < 1.29 is 35.7 Å². The van der Waals surface area contributed by atoms with Crippen LogP contribution >= 0.6 is 0 Å².